The molecule has 3 rings (SSSR count). The van der Waals surface area contributed by atoms with Crippen molar-refractivity contribution in [2.75, 3.05) is 11.9 Å². The van der Waals surface area contributed by atoms with Crippen molar-refractivity contribution in [2.45, 2.75) is 78.8 Å². The third-order valence-electron chi connectivity index (χ3n) is 6.49. The van der Waals surface area contributed by atoms with Gasteiger partial charge in [-0.3, -0.25) is 9.59 Å². The van der Waals surface area contributed by atoms with Crippen molar-refractivity contribution in [1.82, 2.24) is 4.90 Å². The molecule has 1 aliphatic heterocycles. The Balaban J connectivity index is 1.92. The molecule has 0 bridgehead atoms. The van der Waals surface area contributed by atoms with Crippen LogP contribution in [0, 0.1) is 19.8 Å². The van der Waals surface area contributed by atoms with Crippen LogP contribution in [0.4, 0.5) is 5.69 Å². The third-order valence-corrected chi connectivity index (χ3v) is 6.49. The van der Waals surface area contributed by atoms with Crippen molar-refractivity contribution in [3.63, 3.8) is 0 Å². The first-order valence-corrected chi connectivity index (χ1v) is 10.1. The highest BCUT2D eigenvalue weighted by atomic mass is 16.2. The van der Waals surface area contributed by atoms with Crippen LogP contribution in [0.1, 0.15) is 73.3 Å². The zero-order chi connectivity index (χ0) is 18.8. The van der Waals surface area contributed by atoms with Crippen molar-refractivity contribution in [2.24, 2.45) is 5.92 Å². The summed E-state index contributed by atoms with van der Waals surface area (Å²) in [6.07, 6.45) is 8.72. The molecule has 2 aliphatic rings. The summed E-state index contributed by atoms with van der Waals surface area (Å²) in [6, 6.07) is 0. The van der Waals surface area contributed by atoms with Gasteiger partial charge in [0.05, 0.1) is 0 Å². The first kappa shape index (κ1) is 18.9. The average molecular weight is 357 g/mol. The molecule has 0 unspecified atom stereocenters. The highest BCUT2D eigenvalue weighted by Crippen LogP contribution is 2.39. The lowest BCUT2D eigenvalue weighted by Crippen LogP contribution is -2.30. The predicted molar refractivity (Wildman–Crippen MR) is 105 cm³/mol. The van der Waals surface area contributed by atoms with Crippen molar-refractivity contribution < 1.29 is 9.59 Å². The number of hydrogen-bond acceptors (Lipinski definition) is 2. The number of benzene rings is 1. The predicted octanol–water partition coefficient (Wildman–Crippen LogP) is 4.27. The van der Waals surface area contributed by atoms with Crippen LogP contribution in [0.5, 0.6) is 0 Å². The van der Waals surface area contributed by atoms with Gasteiger partial charge in [-0.05, 0) is 66.8 Å². The maximum Gasteiger partial charge on any atom is 0.227 e. The molecule has 1 aliphatic carbocycles. The molecule has 1 aromatic carbocycles. The van der Waals surface area contributed by atoms with Crippen LogP contribution in [0.25, 0.3) is 0 Å². The fraction of sp³-hybridized carbons (Fsp3) is 0.636. The van der Waals surface area contributed by atoms with Gasteiger partial charge in [-0.2, -0.15) is 0 Å². The van der Waals surface area contributed by atoms with Gasteiger partial charge in [-0.15, -0.1) is 0 Å². The van der Waals surface area contributed by atoms with E-state index in [0.717, 1.165) is 18.5 Å². The van der Waals surface area contributed by atoms with Gasteiger partial charge in [-0.25, -0.2) is 0 Å². The minimum absolute atomic E-state index is 0.235. The van der Waals surface area contributed by atoms with Crippen LogP contribution in [0.2, 0.25) is 0 Å². The quantitative estimate of drug-likeness (QED) is 0.739. The van der Waals surface area contributed by atoms with E-state index in [0.29, 0.717) is 25.4 Å². The van der Waals surface area contributed by atoms with E-state index in [9.17, 15) is 9.59 Å². The van der Waals surface area contributed by atoms with Crippen molar-refractivity contribution in [3.8, 4) is 0 Å². The van der Waals surface area contributed by atoms with E-state index in [1.54, 1.807) is 0 Å². The smallest absolute Gasteiger partial charge is 0.227 e. The van der Waals surface area contributed by atoms with E-state index in [1.165, 1.54) is 59.9 Å². The van der Waals surface area contributed by atoms with Crippen molar-refractivity contribution in [3.05, 3.63) is 27.8 Å². The van der Waals surface area contributed by atoms with E-state index >= 15 is 0 Å². The Kier molecular flexibility index (Phi) is 5.69. The van der Waals surface area contributed by atoms with Gasteiger partial charge >= 0.3 is 0 Å². The van der Waals surface area contributed by atoms with Gasteiger partial charge in [0.2, 0.25) is 12.3 Å². The average Bonchev–Trinajstić information content (AvgIpc) is 3.10. The summed E-state index contributed by atoms with van der Waals surface area (Å²) in [4.78, 5) is 28.0. The highest BCUT2D eigenvalue weighted by molar-refractivity contribution is 5.95. The molecule has 0 aromatic heterocycles. The first-order valence-electron chi connectivity index (χ1n) is 10.1. The van der Waals surface area contributed by atoms with Gasteiger partial charge < -0.3 is 9.80 Å². The lowest BCUT2D eigenvalue weighted by molar-refractivity contribution is -0.119. The molecular weight excluding hydrogens is 324 g/mol. The fourth-order valence-electron chi connectivity index (χ4n) is 4.93. The number of fused-ring (bicyclic) bond motifs is 1. The lowest BCUT2D eigenvalue weighted by Gasteiger charge is -2.29. The van der Waals surface area contributed by atoms with E-state index in [4.69, 9.17) is 0 Å². The van der Waals surface area contributed by atoms with Gasteiger partial charge in [0, 0.05) is 32.2 Å². The van der Waals surface area contributed by atoms with Crippen LogP contribution < -0.4 is 4.90 Å². The molecule has 0 N–H and O–H groups in total. The molecule has 0 spiro atoms. The van der Waals surface area contributed by atoms with E-state index in [-0.39, 0.29) is 5.91 Å². The maximum absolute atomic E-state index is 13.0. The Bertz CT molecular complexity index is 705. The number of nitrogens with zero attached hydrogens (tertiary/aromatic N) is 2. The summed E-state index contributed by atoms with van der Waals surface area (Å²) >= 11 is 0. The monoisotopic (exact) mass is 356 g/mol. The molecule has 142 valence electrons. The number of carbonyl (C=O) groups excluding carboxylic acids is 2. The molecule has 0 atom stereocenters. The van der Waals surface area contributed by atoms with Crippen molar-refractivity contribution in [1.29, 1.82) is 0 Å². The van der Waals surface area contributed by atoms with Gasteiger partial charge in [-0.1, -0.05) is 26.2 Å². The summed E-state index contributed by atoms with van der Waals surface area (Å²) in [5, 5.41) is 0. The number of amides is 2. The van der Waals surface area contributed by atoms with E-state index in [2.05, 4.69) is 20.8 Å². The number of anilines is 1. The van der Waals surface area contributed by atoms with Gasteiger partial charge in [0.1, 0.15) is 0 Å². The molecule has 2 amide bonds. The maximum atomic E-state index is 13.0. The third kappa shape index (κ3) is 3.38. The number of carbonyl (C=O) groups is 2. The van der Waals surface area contributed by atoms with E-state index < -0.39 is 0 Å². The summed E-state index contributed by atoms with van der Waals surface area (Å²) in [7, 11) is 1.94. The molecule has 0 radical (unpaired) electrons. The zero-order valence-corrected chi connectivity index (χ0v) is 16.7. The largest absolute Gasteiger partial charge is 0.337 e. The minimum atomic E-state index is 0.235. The topological polar surface area (TPSA) is 40.6 Å². The summed E-state index contributed by atoms with van der Waals surface area (Å²) < 4.78 is 0. The minimum Gasteiger partial charge on any atom is -0.337 e. The molecule has 1 aromatic rings. The standard InChI is InChI=1S/C22H32N2O2/c1-5-18-15(2)19-12-24(14-25)13-20(19)16(3)22(18)23(4)21(26)11-17-9-7-6-8-10-17/h14,17H,5-13H2,1-4H3. The van der Waals surface area contributed by atoms with E-state index in [1.807, 2.05) is 16.8 Å². The molecular formula is C22H32N2O2. The van der Waals surface area contributed by atoms with Gasteiger partial charge in [0.15, 0.2) is 0 Å². The molecule has 26 heavy (non-hydrogen) atoms. The van der Waals surface area contributed by atoms with Gasteiger partial charge in [0.25, 0.3) is 0 Å². The van der Waals surface area contributed by atoms with Crippen molar-refractivity contribution >= 4 is 18.0 Å². The molecule has 4 heteroatoms. The lowest BCUT2D eigenvalue weighted by atomic mass is 9.86. The number of hydrogen-bond donors (Lipinski definition) is 0. The normalized spacial score (nSPS) is 17.3. The molecule has 1 heterocycles. The molecule has 1 fully saturated rings. The Hall–Kier alpha value is -1.84. The fourth-order valence-corrected chi connectivity index (χ4v) is 4.93. The van der Waals surface area contributed by atoms with Crippen LogP contribution in [0.15, 0.2) is 0 Å². The van der Waals surface area contributed by atoms with Crippen LogP contribution >= 0.6 is 0 Å². The Morgan fingerprint density at radius 2 is 1.73 bits per heavy atom. The molecule has 0 saturated heterocycles. The van der Waals surface area contributed by atoms with Crippen LogP contribution in [-0.4, -0.2) is 24.3 Å². The Labute approximate surface area is 157 Å². The second kappa shape index (κ2) is 7.81. The summed E-state index contributed by atoms with van der Waals surface area (Å²) in [6.45, 7) is 7.77. The SMILES string of the molecule is CCc1c(C)c2c(c(C)c1N(C)C(=O)CC1CCCCC1)CN(C=O)C2. The summed E-state index contributed by atoms with van der Waals surface area (Å²) in [5.41, 5.74) is 7.28. The van der Waals surface area contributed by atoms with Crippen LogP contribution in [0.3, 0.4) is 0 Å². The first-order chi connectivity index (χ1) is 12.5. The zero-order valence-electron chi connectivity index (χ0n) is 16.7. The molecule has 4 nitrogen and oxygen atoms in total. The number of rotatable bonds is 5. The summed E-state index contributed by atoms with van der Waals surface area (Å²) in [5.74, 6) is 0.782. The Morgan fingerprint density at radius 3 is 2.31 bits per heavy atom. The Morgan fingerprint density at radius 1 is 1.12 bits per heavy atom. The second-order valence-corrected chi connectivity index (χ2v) is 8.06. The second-order valence-electron chi connectivity index (χ2n) is 8.06. The highest BCUT2D eigenvalue weighted by Gasteiger charge is 2.29. The van der Waals surface area contributed by atoms with Crippen LogP contribution in [-0.2, 0) is 29.1 Å². The molecule has 1 saturated carbocycles.